The number of esters is 1. The molecule has 0 aliphatic heterocycles. The van der Waals surface area contributed by atoms with Gasteiger partial charge in [0.2, 0.25) is 0 Å². The van der Waals surface area contributed by atoms with Crippen molar-refractivity contribution in [3.05, 3.63) is 46.1 Å². The highest BCUT2D eigenvalue weighted by atomic mass is 35.5. The van der Waals surface area contributed by atoms with Crippen LogP contribution in [0.5, 0.6) is 5.75 Å². The number of nitrogens with zero attached hydrogens (tertiary/aromatic N) is 2. The molecule has 0 atom stereocenters. The predicted octanol–water partition coefficient (Wildman–Crippen LogP) is 7.49. The molecule has 0 aliphatic carbocycles. The molecule has 0 fully saturated rings. The molecule has 1 amide bonds. The monoisotopic (exact) mass is 520 g/mol. The van der Waals surface area contributed by atoms with E-state index in [0.29, 0.717) is 33.2 Å². The van der Waals surface area contributed by atoms with E-state index in [1.807, 2.05) is 11.4 Å². The van der Waals surface area contributed by atoms with Crippen LogP contribution in [0, 0.1) is 0 Å². The van der Waals surface area contributed by atoms with Crippen LogP contribution in [0.2, 0.25) is 4.34 Å². The molecule has 0 N–H and O–H groups in total. The Morgan fingerprint density at radius 3 is 2.41 bits per heavy atom. The number of aromatic nitrogens is 1. The first-order valence-corrected chi connectivity index (χ1v) is 13.6. The van der Waals surface area contributed by atoms with Crippen molar-refractivity contribution in [2.75, 3.05) is 18.1 Å². The van der Waals surface area contributed by atoms with Gasteiger partial charge in [-0.15, -0.1) is 22.7 Å². The van der Waals surface area contributed by atoms with E-state index in [2.05, 4.69) is 11.9 Å². The summed E-state index contributed by atoms with van der Waals surface area (Å²) in [7, 11) is 0. The summed E-state index contributed by atoms with van der Waals surface area (Å²) < 4.78 is 11.5. The Labute approximate surface area is 213 Å². The molecule has 0 spiro atoms. The molecule has 34 heavy (non-hydrogen) atoms. The number of thiophene rings is 1. The zero-order chi connectivity index (χ0) is 24.3. The van der Waals surface area contributed by atoms with E-state index in [4.69, 9.17) is 21.1 Å². The van der Waals surface area contributed by atoms with Crippen molar-refractivity contribution in [3.8, 4) is 16.3 Å². The van der Waals surface area contributed by atoms with Gasteiger partial charge in [-0.25, -0.2) is 14.7 Å². The van der Waals surface area contributed by atoms with Gasteiger partial charge in [0, 0.05) is 5.38 Å². The van der Waals surface area contributed by atoms with Gasteiger partial charge >= 0.3 is 11.9 Å². The number of carbonyl (C=O) groups is 2. The van der Waals surface area contributed by atoms with Crippen molar-refractivity contribution < 1.29 is 19.1 Å². The molecule has 0 unspecified atom stereocenters. The molecule has 2 heterocycles. The van der Waals surface area contributed by atoms with E-state index in [9.17, 15) is 9.59 Å². The largest absolute Gasteiger partial charge is 0.494 e. The van der Waals surface area contributed by atoms with Gasteiger partial charge in [-0.05, 0) is 49.7 Å². The van der Waals surface area contributed by atoms with Crippen molar-refractivity contribution in [2.45, 2.75) is 52.4 Å². The van der Waals surface area contributed by atoms with Gasteiger partial charge in [-0.1, -0.05) is 50.6 Å². The first-order chi connectivity index (χ1) is 16.5. The van der Waals surface area contributed by atoms with Gasteiger partial charge in [-0.3, -0.25) is 4.79 Å². The topological polar surface area (TPSA) is 68.7 Å². The average molecular weight is 521 g/mol. The molecule has 182 valence electrons. The third kappa shape index (κ3) is 7.29. The van der Waals surface area contributed by atoms with Crippen molar-refractivity contribution in [2.24, 2.45) is 0 Å². The Bertz CT molecular complexity index is 1070. The van der Waals surface area contributed by atoms with Crippen LogP contribution in [-0.4, -0.2) is 30.1 Å². The SMILES string of the molecule is CCCCCCCCOc1ccc(N(C(=O)C(=O)OCC)c2nc(-c3ccc(Cl)s3)cs2)cc1. The van der Waals surface area contributed by atoms with Crippen LogP contribution in [0.15, 0.2) is 41.8 Å². The first kappa shape index (κ1) is 26.2. The molecule has 2 aromatic heterocycles. The summed E-state index contributed by atoms with van der Waals surface area (Å²) in [4.78, 5) is 32.0. The average Bonchev–Trinajstić information content (AvgIpc) is 3.49. The molecule has 1 aromatic carbocycles. The minimum Gasteiger partial charge on any atom is -0.494 e. The number of hydrogen-bond acceptors (Lipinski definition) is 7. The summed E-state index contributed by atoms with van der Waals surface area (Å²) in [6, 6.07) is 10.8. The second-order valence-corrected chi connectivity index (χ2v) is 10.1. The second-order valence-electron chi connectivity index (χ2n) is 7.59. The van der Waals surface area contributed by atoms with Crippen molar-refractivity contribution in [1.29, 1.82) is 0 Å². The van der Waals surface area contributed by atoms with Gasteiger partial charge in [0.05, 0.1) is 33.8 Å². The zero-order valence-electron chi connectivity index (χ0n) is 19.4. The van der Waals surface area contributed by atoms with Crippen molar-refractivity contribution in [1.82, 2.24) is 4.98 Å². The van der Waals surface area contributed by atoms with E-state index >= 15 is 0 Å². The van der Waals surface area contributed by atoms with Crippen LogP contribution in [0.3, 0.4) is 0 Å². The number of carbonyl (C=O) groups excluding carboxylic acids is 2. The number of hydrogen-bond donors (Lipinski definition) is 0. The van der Waals surface area contributed by atoms with E-state index in [1.54, 1.807) is 37.3 Å². The van der Waals surface area contributed by atoms with Crippen LogP contribution >= 0.6 is 34.3 Å². The first-order valence-electron chi connectivity index (χ1n) is 11.5. The van der Waals surface area contributed by atoms with Gasteiger partial charge in [-0.2, -0.15) is 0 Å². The van der Waals surface area contributed by atoms with Crippen molar-refractivity contribution >= 4 is 57.0 Å². The molecule has 3 rings (SSSR count). The number of benzene rings is 1. The third-order valence-corrected chi connectivity index (χ3v) is 7.10. The maximum absolute atomic E-state index is 13.0. The molecule has 6 nitrogen and oxygen atoms in total. The Hall–Kier alpha value is -2.42. The van der Waals surface area contributed by atoms with Crippen LogP contribution in [0.25, 0.3) is 10.6 Å². The third-order valence-electron chi connectivity index (χ3n) is 5.02. The fraction of sp³-hybridized carbons (Fsp3) is 0.400. The fourth-order valence-corrected chi connectivity index (χ4v) is 5.21. The standard InChI is InChI=1S/C25H29ClN2O4S2/c1-3-5-6-7-8-9-16-32-19-12-10-18(11-13-19)28(23(29)24(30)31-4-2)25-27-20(17-33-25)21-14-15-22(26)34-21/h10-15,17H,3-9,16H2,1-2H3. The highest BCUT2D eigenvalue weighted by molar-refractivity contribution is 7.20. The van der Waals surface area contributed by atoms with Gasteiger partial charge in [0.1, 0.15) is 5.75 Å². The van der Waals surface area contributed by atoms with Crippen molar-refractivity contribution in [3.63, 3.8) is 0 Å². The summed E-state index contributed by atoms with van der Waals surface area (Å²) >= 11 is 8.71. The van der Waals surface area contributed by atoms with Crippen LogP contribution in [0.1, 0.15) is 52.4 Å². The maximum Gasteiger partial charge on any atom is 0.397 e. The zero-order valence-corrected chi connectivity index (χ0v) is 21.8. The normalized spacial score (nSPS) is 10.8. The van der Waals surface area contributed by atoms with E-state index in [0.717, 1.165) is 17.7 Å². The number of ether oxygens (including phenoxy) is 2. The number of rotatable bonds is 12. The summed E-state index contributed by atoms with van der Waals surface area (Å²) in [5, 5.41) is 2.21. The molecule has 0 radical (unpaired) electrons. The Morgan fingerprint density at radius 1 is 1.00 bits per heavy atom. The Kier molecular flexibility index (Phi) is 10.4. The molecular weight excluding hydrogens is 492 g/mol. The highest BCUT2D eigenvalue weighted by Gasteiger charge is 2.29. The molecule has 0 saturated carbocycles. The minimum absolute atomic E-state index is 0.112. The number of thiazole rings is 1. The fourth-order valence-electron chi connectivity index (χ4n) is 3.29. The quantitative estimate of drug-likeness (QED) is 0.140. The Balaban J connectivity index is 1.72. The lowest BCUT2D eigenvalue weighted by Gasteiger charge is -2.19. The number of amides is 1. The van der Waals surface area contributed by atoms with E-state index in [1.165, 1.54) is 53.3 Å². The predicted molar refractivity (Wildman–Crippen MR) is 140 cm³/mol. The number of unbranched alkanes of at least 4 members (excludes halogenated alkanes) is 5. The lowest BCUT2D eigenvalue weighted by atomic mass is 10.1. The highest BCUT2D eigenvalue weighted by Crippen LogP contribution is 2.36. The van der Waals surface area contributed by atoms with Crippen LogP contribution in [-0.2, 0) is 14.3 Å². The van der Waals surface area contributed by atoms with E-state index < -0.39 is 11.9 Å². The molecule has 0 bridgehead atoms. The summed E-state index contributed by atoms with van der Waals surface area (Å²) in [6.07, 6.45) is 7.19. The lowest BCUT2D eigenvalue weighted by molar-refractivity contribution is -0.152. The molecule has 9 heteroatoms. The maximum atomic E-state index is 13.0. The second kappa shape index (κ2) is 13.5. The van der Waals surface area contributed by atoms with E-state index in [-0.39, 0.29) is 6.61 Å². The Morgan fingerprint density at radius 2 is 1.74 bits per heavy atom. The number of anilines is 2. The van der Waals surface area contributed by atoms with Crippen LogP contribution in [0.4, 0.5) is 10.8 Å². The molecule has 0 saturated heterocycles. The van der Waals surface area contributed by atoms with Crippen LogP contribution < -0.4 is 9.64 Å². The summed E-state index contributed by atoms with van der Waals surface area (Å²) in [5.74, 6) is -1.01. The number of halogens is 1. The van der Waals surface area contributed by atoms with Gasteiger partial charge < -0.3 is 9.47 Å². The molecule has 3 aromatic rings. The lowest BCUT2D eigenvalue weighted by Crippen LogP contribution is -2.34. The molecular formula is C25H29ClN2O4S2. The molecule has 0 aliphatic rings. The van der Waals surface area contributed by atoms with Gasteiger partial charge in [0.25, 0.3) is 0 Å². The summed E-state index contributed by atoms with van der Waals surface area (Å²) in [5.41, 5.74) is 1.20. The van der Waals surface area contributed by atoms with Gasteiger partial charge in [0.15, 0.2) is 5.13 Å². The minimum atomic E-state index is -0.929. The summed E-state index contributed by atoms with van der Waals surface area (Å²) in [6.45, 7) is 4.63. The smallest absolute Gasteiger partial charge is 0.397 e.